The zero-order valence-corrected chi connectivity index (χ0v) is 13.6. The van der Waals surface area contributed by atoms with Crippen LogP contribution >= 0.6 is 0 Å². The molecule has 0 aliphatic rings. The standard InChI is InChI=1S/C14H21FN2O3S/c1-9-7-6-8-11(12(9)15)21(19,20)17-10(2)13(18)16-14(3,4)5/h6-8,10,17H,1-5H3,(H,16,18). The van der Waals surface area contributed by atoms with Crippen molar-refractivity contribution in [3.63, 3.8) is 0 Å². The van der Waals surface area contributed by atoms with Crippen LogP contribution < -0.4 is 10.0 Å². The zero-order chi connectivity index (χ0) is 16.4. The molecule has 1 rings (SSSR count). The SMILES string of the molecule is Cc1cccc(S(=O)(=O)NC(C)C(=O)NC(C)(C)C)c1F. The minimum atomic E-state index is -4.10. The highest BCUT2D eigenvalue weighted by atomic mass is 32.2. The number of hydrogen-bond acceptors (Lipinski definition) is 3. The van der Waals surface area contributed by atoms with E-state index in [0.29, 0.717) is 0 Å². The maximum absolute atomic E-state index is 13.9. The van der Waals surface area contributed by atoms with E-state index in [-0.39, 0.29) is 5.56 Å². The van der Waals surface area contributed by atoms with Gasteiger partial charge in [0.05, 0.1) is 6.04 Å². The number of amides is 1. The van der Waals surface area contributed by atoms with Crippen molar-refractivity contribution in [3.8, 4) is 0 Å². The van der Waals surface area contributed by atoms with Crippen molar-refractivity contribution in [1.82, 2.24) is 10.0 Å². The summed E-state index contributed by atoms with van der Waals surface area (Å²) in [5.74, 6) is -1.28. The van der Waals surface area contributed by atoms with E-state index >= 15 is 0 Å². The van der Waals surface area contributed by atoms with Gasteiger partial charge in [-0.05, 0) is 46.2 Å². The Morgan fingerprint density at radius 3 is 2.38 bits per heavy atom. The average molecular weight is 316 g/mol. The van der Waals surface area contributed by atoms with Crippen LogP contribution in [0.3, 0.4) is 0 Å². The molecule has 0 saturated carbocycles. The molecule has 21 heavy (non-hydrogen) atoms. The van der Waals surface area contributed by atoms with E-state index in [0.717, 1.165) is 0 Å². The molecule has 1 atom stereocenters. The van der Waals surface area contributed by atoms with Crippen molar-refractivity contribution in [3.05, 3.63) is 29.6 Å². The van der Waals surface area contributed by atoms with Crippen molar-refractivity contribution >= 4 is 15.9 Å². The van der Waals surface area contributed by atoms with E-state index in [2.05, 4.69) is 10.0 Å². The lowest BCUT2D eigenvalue weighted by atomic mass is 10.1. The van der Waals surface area contributed by atoms with Gasteiger partial charge in [0.15, 0.2) is 0 Å². The van der Waals surface area contributed by atoms with Gasteiger partial charge in [0.25, 0.3) is 0 Å². The fraction of sp³-hybridized carbons (Fsp3) is 0.500. The van der Waals surface area contributed by atoms with E-state index in [1.807, 2.05) is 0 Å². The molecule has 0 saturated heterocycles. The van der Waals surface area contributed by atoms with Crippen molar-refractivity contribution in [1.29, 1.82) is 0 Å². The number of nitrogens with one attached hydrogen (secondary N) is 2. The fourth-order valence-corrected chi connectivity index (χ4v) is 3.01. The number of carbonyl (C=O) groups is 1. The Kier molecular flexibility index (Phi) is 5.11. The Balaban J connectivity index is 2.95. The Morgan fingerprint density at radius 2 is 1.86 bits per heavy atom. The highest BCUT2D eigenvalue weighted by Crippen LogP contribution is 2.17. The molecule has 5 nitrogen and oxygen atoms in total. The number of hydrogen-bond donors (Lipinski definition) is 2. The lowest BCUT2D eigenvalue weighted by Crippen LogP contribution is -2.50. The molecule has 0 bridgehead atoms. The summed E-state index contributed by atoms with van der Waals surface area (Å²) >= 11 is 0. The summed E-state index contributed by atoms with van der Waals surface area (Å²) in [5, 5.41) is 2.66. The molecular formula is C14H21FN2O3S. The van der Waals surface area contributed by atoms with E-state index in [9.17, 15) is 17.6 Å². The second-order valence-electron chi connectivity index (χ2n) is 5.97. The molecule has 1 unspecified atom stereocenters. The fourth-order valence-electron chi connectivity index (χ4n) is 1.66. The second kappa shape index (κ2) is 6.11. The number of rotatable bonds is 4. The normalized spacial score (nSPS) is 13.8. The Bertz CT molecular complexity index is 636. The van der Waals surface area contributed by atoms with Crippen LogP contribution in [0.15, 0.2) is 23.1 Å². The van der Waals surface area contributed by atoms with Gasteiger partial charge in [0.1, 0.15) is 10.7 Å². The lowest BCUT2D eigenvalue weighted by Gasteiger charge is -2.23. The van der Waals surface area contributed by atoms with Gasteiger partial charge in [-0.25, -0.2) is 12.8 Å². The average Bonchev–Trinajstić information content (AvgIpc) is 2.29. The molecular weight excluding hydrogens is 295 g/mol. The summed E-state index contributed by atoms with van der Waals surface area (Å²) in [5.41, 5.74) is -0.254. The Morgan fingerprint density at radius 1 is 1.29 bits per heavy atom. The number of halogens is 1. The number of aryl methyl sites for hydroxylation is 1. The van der Waals surface area contributed by atoms with Crippen molar-refractivity contribution in [2.45, 2.75) is 51.1 Å². The smallest absolute Gasteiger partial charge is 0.244 e. The molecule has 7 heteroatoms. The van der Waals surface area contributed by atoms with Crippen molar-refractivity contribution in [2.75, 3.05) is 0 Å². The number of sulfonamides is 1. The maximum Gasteiger partial charge on any atom is 0.244 e. The van der Waals surface area contributed by atoms with E-state index in [1.54, 1.807) is 20.8 Å². The number of benzene rings is 1. The highest BCUT2D eigenvalue weighted by Gasteiger charge is 2.26. The van der Waals surface area contributed by atoms with Gasteiger partial charge in [-0.2, -0.15) is 4.72 Å². The third-order valence-corrected chi connectivity index (χ3v) is 4.23. The molecule has 0 aliphatic carbocycles. The maximum atomic E-state index is 13.9. The molecule has 0 aliphatic heterocycles. The van der Waals surface area contributed by atoms with Gasteiger partial charge in [-0.1, -0.05) is 12.1 Å². The summed E-state index contributed by atoms with van der Waals surface area (Å²) in [6, 6.07) is 3.09. The topological polar surface area (TPSA) is 75.3 Å². The van der Waals surface area contributed by atoms with Gasteiger partial charge in [0, 0.05) is 5.54 Å². The predicted molar refractivity (Wildman–Crippen MR) is 78.8 cm³/mol. The molecule has 0 radical (unpaired) electrons. The van der Waals surface area contributed by atoms with E-state index < -0.39 is 38.2 Å². The molecule has 0 spiro atoms. The third-order valence-electron chi connectivity index (χ3n) is 2.67. The van der Waals surface area contributed by atoms with Crippen LogP contribution in [0.4, 0.5) is 4.39 Å². The minimum absolute atomic E-state index is 0.227. The lowest BCUT2D eigenvalue weighted by molar-refractivity contribution is -0.123. The van der Waals surface area contributed by atoms with Crippen LogP contribution in [0.1, 0.15) is 33.3 Å². The summed E-state index contributed by atoms with van der Waals surface area (Å²) in [4.78, 5) is 11.4. The summed E-state index contributed by atoms with van der Waals surface area (Å²) in [6.07, 6.45) is 0. The van der Waals surface area contributed by atoms with Crippen LogP contribution in [-0.4, -0.2) is 25.9 Å². The molecule has 1 aromatic rings. The molecule has 0 heterocycles. The summed E-state index contributed by atoms with van der Waals surface area (Å²) < 4.78 is 40.4. The van der Waals surface area contributed by atoms with Gasteiger partial charge in [-0.3, -0.25) is 4.79 Å². The first-order valence-corrected chi connectivity index (χ1v) is 8.02. The van der Waals surface area contributed by atoms with E-state index in [1.165, 1.54) is 32.0 Å². The van der Waals surface area contributed by atoms with Gasteiger partial charge in [0.2, 0.25) is 15.9 Å². The van der Waals surface area contributed by atoms with Crippen LogP contribution in [0.5, 0.6) is 0 Å². The molecule has 1 amide bonds. The van der Waals surface area contributed by atoms with Crippen LogP contribution in [0, 0.1) is 12.7 Å². The largest absolute Gasteiger partial charge is 0.350 e. The van der Waals surface area contributed by atoms with Gasteiger partial charge < -0.3 is 5.32 Å². The van der Waals surface area contributed by atoms with Crippen LogP contribution in [0.2, 0.25) is 0 Å². The Hall–Kier alpha value is -1.47. The van der Waals surface area contributed by atoms with Crippen LogP contribution in [-0.2, 0) is 14.8 Å². The van der Waals surface area contributed by atoms with Crippen molar-refractivity contribution < 1.29 is 17.6 Å². The quantitative estimate of drug-likeness (QED) is 0.888. The molecule has 0 aromatic heterocycles. The highest BCUT2D eigenvalue weighted by molar-refractivity contribution is 7.89. The summed E-state index contributed by atoms with van der Waals surface area (Å²) in [7, 11) is -4.10. The second-order valence-corrected chi connectivity index (χ2v) is 7.65. The molecule has 1 aromatic carbocycles. The van der Waals surface area contributed by atoms with E-state index in [4.69, 9.17) is 0 Å². The van der Waals surface area contributed by atoms with Gasteiger partial charge in [-0.15, -0.1) is 0 Å². The molecule has 118 valence electrons. The van der Waals surface area contributed by atoms with Crippen molar-refractivity contribution in [2.24, 2.45) is 0 Å². The van der Waals surface area contributed by atoms with Gasteiger partial charge >= 0.3 is 0 Å². The summed E-state index contributed by atoms with van der Waals surface area (Å²) in [6.45, 7) is 8.24. The Labute approximate surface area is 125 Å². The molecule has 0 fully saturated rings. The number of carbonyl (C=O) groups excluding carboxylic acids is 1. The monoisotopic (exact) mass is 316 g/mol. The third kappa shape index (κ3) is 4.78. The first kappa shape index (κ1) is 17.6. The first-order chi connectivity index (χ1) is 9.44. The first-order valence-electron chi connectivity index (χ1n) is 6.53. The zero-order valence-electron chi connectivity index (χ0n) is 12.8. The van der Waals surface area contributed by atoms with Crippen LogP contribution in [0.25, 0.3) is 0 Å². The predicted octanol–water partition coefficient (Wildman–Crippen LogP) is 1.72. The molecule has 2 N–H and O–H groups in total. The minimum Gasteiger partial charge on any atom is -0.350 e.